The molecule has 3 heterocycles. The van der Waals surface area contributed by atoms with Gasteiger partial charge in [0.05, 0.1) is 11.4 Å². The lowest BCUT2D eigenvalue weighted by Crippen LogP contribution is -2.67. The molecule has 0 aliphatic carbocycles. The van der Waals surface area contributed by atoms with Crippen LogP contribution in [0.4, 0.5) is 5.69 Å². The predicted octanol–water partition coefficient (Wildman–Crippen LogP) is 4.63. The zero-order chi connectivity index (χ0) is 52.1. The molecule has 0 N–H and O–H groups in total. The number of esters is 7. The highest BCUT2D eigenvalue weighted by molar-refractivity contribution is 7.98. The fourth-order valence-electron chi connectivity index (χ4n) is 7.47. The summed E-state index contributed by atoms with van der Waals surface area (Å²) in [5, 5.41) is 0.768. The van der Waals surface area contributed by atoms with Crippen LogP contribution < -0.4 is 9.60 Å². The van der Waals surface area contributed by atoms with Crippen LogP contribution in [0.5, 0.6) is 0 Å². The number of rotatable bonds is 17. The summed E-state index contributed by atoms with van der Waals surface area (Å²) in [5.74, 6) is -5.62. The number of carbonyl (C=O) groups excluding carboxylic acids is 7. The molecule has 0 saturated carbocycles. The number of carbonyl (C=O) groups is 7. The van der Waals surface area contributed by atoms with Crippen molar-refractivity contribution in [3.8, 4) is 5.69 Å². The summed E-state index contributed by atoms with van der Waals surface area (Å²) in [4.78, 5) is 104. The lowest BCUT2D eigenvalue weighted by molar-refractivity contribution is -0.344. The zero-order valence-electron chi connectivity index (χ0n) is 39.9. The van der Waals surface area contributed by atoms with Gasteiger partial charge in [0.15, 0.2) is 53.0 Å². The molecule has 0 spiro atoms. The monoisotopic (exact) mass is 1050 g/mol. The van der Waals surface area contributed by atoms with Gasteiger partial charge in [-0.25, -0.2) is 9.98 Å². The normalized spacial score (nSPS) is 24.3. The molecule has 0 radical (unpaired) electrons. The van der Waals surface area contributed by atoms with E-state index in [2.05, 4.69) is 0 Å². The number of benzene rings is 3. The average Bonchev–Trinajstić information content (AvgIpc) is 3.30. The van der Waals surface area contributed by atoms with Crippen molar-refractivity contribution in [2.24, 2.45) is 9.98 Å². The molecular formula is C48H51ClN4O17S2. The predicted molar refractivity (Wildman–Crippen MR) is 253 cm³/mol. The van der Waals surface area contributed by atoms with Gasteiger partial charge in [0.1, 0.15) is 31.5 Å². The SMILES string of the molecule is CC(=O)OC[C@H]1O[C@@H](O[C@H]2[C@H](OC(C)=O)[C@@H](OC(C)=O)[C@H](/N=c3\sc(=Nc4ccccc4)nc(SCc4ccccc4)n3-c3cccc(Cl)c3)O[C@@H]2COC(C)=O)[C@H](OC(C)=O)[C@@H](OC(C)=O)[C@H]1OC(C)=O. The van der Waals surface area contributed by atoms with Crippen LogP contribution in [-0.2, 0) is 86.7 Å². The zero-order valence-corrected chi connectivity index (χ0v) is 42.3. The minimum absolute atomic E-state index is 0.159. The second-order valence-electron chi connectivity index (χ2n) is 15.9. The van der Waals surface area contributed by atoms with Crippen LogP contribution in [0.1, 0.15) is 54.0 Å². The van der Waals surface area contributed by atoms with Crippen molar-refractivity contribution >= 4 is 82.2 Å². The van der Waals surface area contributed by atoms with Crippen LogP contribution in [0.25, 0.3) is 5.69 Å². The van der Waals surface area contributed by atoms with E-state index in [-0.39, 0.29) is 9.60 Å². The van der Waals surface area contributed by atoms with Crippen LogP contribution >= 0.6 is 34.7 Å². The van der Waals surface area contributed by atoms with E-state index in [0.717, 1.165) is 65.4 Å². The van der Waals surface area contributed by atoms with Gasteiger partial charge in [-0.3, -0.25) is 38.1 Å². The number of para-hydroxylation sites is 1. The van der Waals surface area contributed by atoms with Crippen LogP contribution in [0.15, 0.2) is 100 Å². The summed E-state index contributed by atoms with van der Waals surface area (Å²) >= 11 is 8.96. The van der Waals surface area contributed by atoms with Gasteiger partial charge in [0.25, 0.3) is 0 Å². The van der Waals surface area contributed by atoms with E-state index in [0.29, 0.717) is 27.3 Å². The molecule has 24 heteroatoms. The summed E-state index contributed by atoms with van der Waals surface area (Å²) in [7, 11) is 0. The molecule has 2 fully saturated rings. The number of ether oxygens (including phenoxy) is 10. The summed E-state index contributed by atoms with van der Waals surface area (Å²) < 4.78 is 60.4. The number of aromatic nitrogens is 2. The first-order valence-electron chi connectivity index (χ1n) is 22.1. The molecule has 2 aliphatic heterocycles. The maximum atomic E-state index is 13.2. The molecule has 4 aromatic rings. The Hall–Kier alpha value is -6.50. The molecule has 0 amide bonds. The van der Waals surface area contributed by atoms with E-state index in [1.54, 1.807) is 41.0 Å². The number of halogens is 1. The van der Waals surface area contributed by atoms with E-state index in [9.17, 15) is 33.6 Å². The summed E-state index contributed by atoms with van der Waals surface area (Å²) in [6.45, 7) is 6.31. The van der Waals surface area contributed by atoms with Gasteiger partial charge in [0, 0.05) is 59.2 Å². The minimum atomic E-state index is -1.87. The van der Waals surface area contributed by atoms with Gasteiger partial charge in [-0.2, -0.15) is 4.98 Å². The number of hydrogen-bond donors (Lipinski definition) is 0. The van der Waals surface area contributed by atoms with Crippen LogP contribution in [0.3, 0.4) is 0 Å². The maximum absolute atomic E-state index is 13.2. The van der Waals surface area contributed by atoms with E-state index in [4.69, 9.17) is 73.9 Å². The summed E-state index contributed by atoms with van der Waals surface area (Å²) in [5.41, 5.74) is 2.04. The van der Waals surface area contributed by atoms with E-state index >= 15 is 0 Å². The van der Waals surface area contributed by atoms with Crippen molar-refractivity contribution in [2.45, 2.75) is 121 Å². The van der Waals surface area contributed by atoms with Crippen LogP contribution in [0, 0.1) is 0 Å². The molecule has 72 heavy (non-hydrogen) atoms. The Labute approximate surface area is 425 Å². The molecule has 0 unspecified atom stereocenters. The molecule has 384 valence electrons. The Morgan fingerprint density at radius 1 is 0.625 bits per heavy atom. The minimum Gasteiger partial charge on any atom is -0.463 e. The van der Waals surface area contributed by atoms with Crippen molar-refractivity contribution in [1.82, 2.24) is 9.55 Å². The van der Waals surface area contributed by atoms with Crippen LogP contribution in [0.2, 0.25) is 5.02 Å². The van der Waals surface area contributed by atoms with Gasteiger partial charge < -0.3 is 47.4 Å². The smallest absolute Gasteiger partial charge is 0.303 e. The molecule has 10 atom stereocenters. The third-order valence-corrected chi connectivity index (χ3v) is 12.2. The first-order valence-corrected chi connectivity index (χ1v) is 24.3. The lowest BCUT2D eigenvalue weighted by Gasteiger charge is -2.48. The van der Waals surface area contributed by atoms with Gasteiger partial charge in [-0.15, -0.1) is 0 Å². The van der Waals surface area contributed by atoms with Gasteiger partial charge >= 0.3 is 41.8 Å². The molecule has 2 saturated heterocycles. The third-order valence-electron chi connectivity index (χ3n) is 10.2. The molecule has 1 aromatic heterocycles. The van der Waals surface area contributed by atoms with Crippen molar-refractivity contribution in [3.63, 3.8) is 0 Å². The standard InChI is InChI=1S/C48H51ClN4O17S2/c1-25(54)61-22-36-39(70-45-43(67-31(7)60)41(65-29(5)58)38(63-27(3)56)37(69-45)23-62-26(2)55)40(64-28(4)57)42(66-30(6)59)44(68-36)51-48-53(35-20-14-17-33(49)21-35)47(71-24-32-15-10-8-11-16-32)52-46(72-48)50-34-18-12-9-13-19-34/h8-21,36-45H,22-24H2,1-7H3/b50-46?,51-48-/t36-,37-,38+,39-,40+,41+,42-,43-,44-,45+/m1/s1. The highest BCUT2D eigenvalue weighted by Gasteiger charge is 2.57. The Bertz CT molecular complexity index is 2740. The van der Waals surface area contributed by atoms with E-state index < -0.39 is 116 Å². The van der Waals surface area contributed by atoms with Crippen LogP contribution in [-0.4, -0.2) is 126 Å². The van der Waals surface area contributed by atoms with Gasteiger partial charge in [-0.05, 0) is 35.9 Å². The Morgan fingerprint density at radius 2 is 1.15 bits per heavy atom. The van der Waals surface area contributed by atoms with Crippen molar-refractivity contribution in [3.05, 3.63) is 105 Å². The molecule has 21 nitrogen and oxygen atoms in total. The number of hydrogen-bond acceptors (Lipinski definition) is 22. The van der Waals surface area contributed by atoms with Gasteiger partial charge in [-0.1, -0.05) is 89.3 Å². The maximum Gasteiger partial charge on any atom is 0.303 e. The molecular weight excluding hydrogens is 1000 g/mol. The Kier molecular flexibility index (Phi) is 19.6. The van der Waals surface area contributed by atoms with Crippen molar-refractivity contribution in [2.75, 3.05) is 13.2 Å². The second kappa shape index (κ2) is 25.7. The number of nitrogens with zero attached hydrogens (tertiary/aromatic N) is 4. The highest BCUT2D eigenvalue weighted by Crippen LogP contribution is 2.36. The topological polar surface area (TPSA) is 254 Å². The van der Waals surface area contributed by atoms with E-state index in [1.165, 1.54) is 11.8 Å². The third kappa shape index (κ3) is 15.5. The highest BCUT2D eigenvalue weighted by atomic mass is 35.5. The van der Waals surface area contributed by atoms with Crippen molar-refractivity contribution < 1.29 is 80.9 Å². The second-order valence-corrected chi connectivity index (χ2v) is 18.2. The Balaban J connectivity index is 1.57. The average molecular weight is 1060 g/mol. The fourth-order valence-corrected chi connectivity index (χ4v) is 9.61. The first kappa shape index (κ1) is 54.8. The summed E-state index contributed by atoms with van der Waals surface area (Å²) in [6.07, 6.45) is -16.5. The molecule has 3 aromatic carbocycles. The molecule has 0 bridgehead atoms. The van der Waals surface area contributed by atoms with Crippen molar-refractivity contribution in [1.29, 1.82) is 0 Å². The Morgan fingerprint density at radius 3 is 1.72 bits per heavy atom. The fraction of sp³-hybridized carbons (Fsp3) is 0.417. The summed E-state index contributed by atoms with van der Waals surface area (Å²) in [6, 6.07) is 25.5. The number of thioether (sulfide) groups is 1. The lowest BCUT2D eigenvalue weighted by atomic mass is 9.95. The largest absolute Gasteiger partial charge is 0.463 e. The molecule has 2 aliphatic rings. The van der Waals surface area contributed by atoms with E-state index in [1.807, 2.05) is 48.5 Å². The molecule has 6 rings (SSSR count). The quantitative estimate of drug-likeness (QED) is 0.0793. The van der Waals surface area contributed by atoms with Gasteiger partial charge in [0.2, 0.25) is 4.80 Å². The first-order chi connectivity index (χ1) is 34.3.